The van der Waals surface area contributed by atoms with Crippen molar-refractivity contribution in [1.82, 2.24) is 9.97 Å². The third kappa shape index (κ3) is 3.98. The molecule has 3 heterocycles. The molecule has 2 aromatic heterocycles. The van der Waals surface area contributed by atoms with E-state index in [0.29, 0.717) is 15.9 Å². The predicted molar refractivity (Wildman–Crippen MR) is 137 cm³/mol. The van der Waals surface area contributed by atoms with Crippen LogP contribution in [0.1, 0.15) is 17.3 Å². The first-order valence-electron chi connectivity index (χ1n) is 10.2. The molecule has 0 saturated carbocycles. The fourth-order valence-corrected chi connectivity index (χ4v) is 5.71. The Balaban J connectivity index is 1.73. The van der Waals surface area contributed by atoms with Crippen molar-refractivity contribution in [3.63, 3.8) is 0 Å². The van der Waals surface area contributed by atoms with Crippen molar-refractivity contribution < 1.29 is 23.8 Å². The van der Waals surface area contributed by atoms with Crippen molar-refractivity contribution in [1.29, 1.82) is 0 Å². The van der Waals surface area contributed by atoms with Gasteiger partial charge in [-0.2, -0.15) is 0 Å². The van der Waals surface area contributed by atoms with Gasteiger partial charge in [-0.1, -0.05) is 52.2 Å². The van der Waals surface area contributed by atoms with Gasteiger partial charge < -0.3 is 9.84 Å². The van der Waals surface area contributed by atoms with Crippen LogP contribution in [0.4, 0.5) is 9.52 Å². The molecule has 1 aliphatic rings. The number of benzene rings is 2. The maximum absolute atomic E-state index is 14.0. The summed E-state index contributed by atoms with van der Waals surface area (Å²) in [6.45, 7) is 0. The Kier molecular flexibility index (Phi) is 6.34. The minimum atomic E-state index is -1.13. The van der Waals surface area contributed by atoms with E-state index in [4.69, 9.17) is 39.5 Å². The molecule has 36 heavy (non-hydrogen) atoms. The predicted octanol–water partition coefficient (Wildman–Crippen LogP) is 6.43. The molecular weight excluding hydrogens is 552 g/mol. The number of anilines is 1. The number of aromatic nitrogens is 2. The zero-order valence-corrected chi connectivity index (χ0v) is 21.2. The molecule has 1 amide bonds. The first-order chi connectivity index (χ1) is 17.2. The number of hydrogen-bond donors (Lipinski definition) is 1. The number of halogens is 4. The number of methoxy groups -OCH3 is 1. The van der Waals surface area contributed by atoms with Crippen LogP contribution in [0.5, 0.6) is 5.75 Å². The largest absolute Gasteiger partial charge is 0.507 e. The average molecular weight is 565 g/mol. The Morgan fingerprint density at radius 1 is 1.11 bits per heavy atom. The van der Waals surface area contributed by atoms with Crippen molar-refractivity contribution in [3.8, 4) is 5.75 Å². The maximum atomic E-state index is 14.0. The van der Waals surface area contributed by atoms with Gasteiger partial charge in [-0.15, -0.1) is 0 Å². The van der Waals surface area contributed by atoms with E-state index in [1.54, 1.807) is 18.2 Å². The molecule has 1 unspecified atom stereocenters. The van der Waals surface area contributed by atoms with Crippen LogP contribution in [0.3, 0.4) is 0 Å². The molecule has 4 aromatic rings. The van der Waals surface area contributed by atoms with E-state index in [1.165, 1.54) is 37.6 Å². The molecule has 7 nitrogen and oxygen atoms in total. The van der Waals surface area contributed by atoms with Gasteiger partial charge in [-0.25, -0.2) is 9.37 Å². The standard InChI is InChI=1S/C24H13Cl3FN3O4S/c1-35-22-12(26)6-10(7-13(22)27)20(32)18-19(15-4-2-3-5-29-15)31(23(34)21(18)33)24-30-16-8-11(25)14(28)9-17(16)36-24/h2-9,19,32H,1H3/b20-18+. The summed E-state index contributed by atoms with van der Waals surface area (Å²) >= 11 is 19.3. The Morgan fingerprint density at radius 2 is 1.83 bits per heavy atom. The summed E-state index contributed by atoms with van der Waals surface area (Å²) in [5.41, 5.74) is 0.506. The molecule has 12 heteroatoms. The summed E-state index contributed by atoms with van der Waals surface area (Å²) in [4.78, 5) is 36.4. The Hall–Kier alpha value is -3.24. The number of pyridine rings is 1. The number of carbonyl (C=O) groups is 2. The van der Waals surface area contributed by atoms with Crippen LogP contribution in [-0.4, -0.2) is 33.9 Å². The molecule has 1 fully saturated rings. The molecule has 1 aliphatic heterocycles. The van der Waals surface area contributed by atoms with Crippen LogP contribution in [0.15, 0.2) is 54.2 Å². The van der Waals surface area contributed by atoms with Crippen molar-refractivity contribution in [3.05, 3.63) is 86.4 Å². The SMILES string of the molecule is COc1c(Cl)cc(/C(O)=C2\C(=O)C(=O)N(c3nc4cc(Cl)c(F)cc4s3)C2c2ccccn2)cc1Cl. The van der Waals surface area contributed by atoms with E-state index in [-0.39, 0.29) is 37.1 Å². The van der Waals surface area contributed by atoms with Gasteiger partial charge in [0.25, 0.3) is 5.78 Å². The van der Waals surface area contributed by atoms with Gasteiger partial charge in [0, 0.05) is 11.8 Å². The lowest BCUT2D eigenvalue weighted by atomic mass is 9.98. The van der Waals surface area contributed by atoms with Crippen LogP contribution < -0.4 is 9.64 Å². The summed E-state index contributed by atoms with van der Waals surface area (Å²) in [5.74, 6) is -2.86. The second kappa shape index (κ2) is 9.33. The van der Waals surface area contributed by atoms with Crippen molar-refractivity contribution in [2.75, 3.05) is 12.0 Å². The van der Waals surface area contributed by atoms with Crippen LogP contribution in [0.2, 0.25) is 15.1 Å². The summed E-state index contributed by atoms with van der Waals surface area (Å²) in [7, 11) is 1.39. The minimum Gasteiger partial charge on any atom is -0.507 e. The van der Waals surface area contributed by atoms with Gasteiger partial charge in [0.05, 0.1) is 43.7 Å². The maximum Gasteiger partial charge on any atom is 0.301 e. The molecule has 0 bridgehead atoms. The number of ether oxygens (including phenoxy) is 1. The van der Waals surface area contributed by atoms with E-state index in [9.17, 15) is 19.1 Å². The molecule has 1 atom stereocenters. The van der Waals surface area contributed by atoms with Gasteiger partial charge in [0.2, 0.25) is 0 Å². The summed E-state index contributed by atoms with van der Waals surface area (Å²) < 4.78 is 19.6. The zero-order valence-electron chi connectivity index (χ0n) is 18.1. The lowest BCUT2D eigenvalue weighted by molar-refractivity contribution is -0.132. The van der Waals surface area contributed by atoms with E-state index < -0.39 is 29.3 Å². The van der Waals surface area contributed by atoms with Crippen molar-refractivity contribution >= 4 is 78.9 Å². The number of amides is 1. The molecule has 0 spiro atoms. The monoisotopic (exact) mass is 563 g/mol. The third-order valence-corrected chi connectivity index (χ3v) is 7.38. The average Bonchev–Trinajstić information content (AvgIpc) is 3.36. The fraction of sp³-hybridized carbons (Fsp3) is 0.0833. The molecule has 1 saturated heterocycles. The van der Waals surface area contributed by atoms with Crippen LogP contribution in [-0.2, 0) is 9.59 Å². The second-order valence-electron chi connectivity index (χ2n) is 7.63. The minimum absolute atomic E-state index is 0.0974. The van der Waals surface area contributed by atoms with Gasteiger partial charge in [-0.05, 0) is 36.4 Å². The first-order valence-corrected chi connectivity index (χ1v) is 12.2. The summed E-state index contributed by atoms with van der Waals surface area (Å²) in [6, 6.07) is 9.09. The molecule has 2 aromatic carbocycles. The molecule has 0 radical (unpaired) electrons. The van der Waals surface area contributed by atoms with Gasteiger partial charge in [0.1, 0.15) is 17.6 Å². The number of thiazole rings is 1. The van der Waals surface area contributed by atoms with Crippen LogP contribution in [0.25, 0.3) is 16.0 Å². The molecule has 0 aliphatic carbocycles. The molecule has 1 N–H and O–H groups in total. The number of aliphatic hydroxyl groups is 1. The Bertz CT molecular complexity index is 1530. The highest BCUT2D eigenvalue weighted by Gasteiger charge is 2.49. The van der Waals surface area contributed by atoms with Gasteiger partial charge in [0.15, 0.2) is 10.9 Å². The third-order valence-electron chi connectivity index (χ3n) is 5.51. The Morgan fingerprint density at radius 3 is 2.47 bits per heavy atom. The number of fused-ring (bicyclic) bond motifs is 1. The Labute approximate surface area is 222 Å². The highest BCUT2D eigenvalue weighted by atomic mass is 35.5. The number of ketones is 1. The molecule has 182 valence electrons. The van der Waals surface area contributed by atoms with E-state index in [1.807, 2.05) is 0 Å². The fourth-order valence-electron chi connectivity index (χ4n) is 3.91. The highest BCUT2D eigenvalue weighted by Crippen LogP contribution is 2.45. The molecule has 5 rings (SSSR count). The van der Waals surface area contributed by atoms with Gasteiger partial charge >= 0.3 is 5.91 Å². The lowest BCUT2D eigenvalue weighted by Crippen LogP contribution is -2.29. The number of nitrogens with zero attached hydrogens (tertiary/aromatic N) is 3. The number of aliphatic hydroxyl groups excluding tert-OH is 1. The highest BCUT2D eigenvalue weighted by molar-refractivity contribution is 7.22. The lowest BCUT2D eigenvalue weighted by Gasteiger charge is -2.22. The number of hydrogen-bond acceptors (Lipinski definition) is 7. The van der Waals surface area contributed by atoms with E-state index in [2.05, 4.69) is 9.97 Å². The summed E-state index contributed by atoms with van der Waals surface area (Å²) in [6.07, 6.45) is 1.49. The topological polar surface area (TPSA) is 92.6 Å². The normalized spacial score (nSPS) is 17.2. The van der Waals surface area contributed by atoms with Crippen molar-refractivity contribution in [2.24, 2.45) is 0 Å². The molecular formula is C24H13Cl3FN3O4S. The first kappa shape index (κ1) is 24.5. The zero-order chi connectivity index (χ0) is 25.7. The van der Waals surface area contributed by atoms with Crippen molar-refractivity contribution in [2.45, 2.75) is 6.04 Å². The van der Waals surface area contributed by atoms with E-state index >= 15 is 0 Å². The quantitative estimate of drug-likeness (QED) is 0.175. The van der Waals surface area contributed by atoms with Crippen LogP contribution in [0, 0.1) is 5.82 Å². The second-order valence-corrected chi connectivity index (χ2v) is 9.86. The summed E-state index contributed by atoms with van der Waals surface area (Å²) in [5, 5.41) is 11.4. The van der Waals surface area contributed by atoms with E-state index in [0.717, 1.165) is 16.2 Å². The van der Waals surface area contributed by atoms with Crippen LogP contribution >= 0.6 is 46.1 Å². The number of carbonyl (C=O) groups excluding carboxylic acids is 2. The number of rotatable bonds is 4. The van der Waals surface area contributed by atoms with Gasteiger partial charge in [-0.3, -0.25) is 19.5 Å². The smallest absolute Gasteiger partial charge is 0.301 e. The number of Topliss-reactive ketones (excluding diaryl/α,β-unsaturated/α-hetero) is 1.